The Hall–Kier alpha value is -1.39. The van der Waals surface area contributed by atoms with Gasteiger partial charge < -0.3 is 9.26 Å². The van der Waals surface area contributed by atoms with E-state index in [4.69, 9.17) is 20.9 Å². The van der Waals surface area contributed by atoms with Crippen LogP contribution in [-0.2, 0) is 11.2 Å². The molecule has 0 bridgehead atoms. The van der Waals surface area contributed by atoms with E-state index in [0.29, 0.717) is 18.3 Å². The van der Waals surface area contributed by atoms with E-state index in [1.54, 1.807) is 0 Å². The summed E-state index contributed by atoms with van der Waals surface area (Å²) in [6.07, 6.45) is 1.61. The first-order valence-electron chi connectivity index (χ1n) is 6.87. The first-order chi connectivity index (χ1) is 9.72. The molecule has 1 aliphatic heterocycles. The molecular formula is C15H17ClN2O2. The van der Waals surface area contributed by atoms with Crippen LogP contribution < -0.4 is 0 Å². The lowest BCUT2D eigenvalue weighted by molar-refractivity contribution is 0.0392. The molecule has 0 unspecified atom stereocenters. The highest BCUT2D eigenvalue weighted by molar-refractivity contribution is 6.30. The molecule has 2 heterocycles. The van der Waals surface area contributed by atoms with Crippen molar-refractivity contribution >= 4 is 11.6 Å². The Morgan fingerprint density at radius 2 is 2.10 bits per heavy atom. The molecule has 2 atom stereocenters. The Labute approximate surface area is 123 Å². The summed E-state index contributed by atoms with van der Waals surface area (Å²) in [5, 5.41) is 4.82. The molecule has 3 rings (SSSR count). The van der Waals surface area contributed by atoms with Gasteiger partial charge in [-0.3, -0.25) is 0 Å². The van der Waals surface area contributed by atoms with Crippen molar-refractivity contribution in [3.8, 4) is 0 Å². The van der Waals surface area contributed by atoms with Gasteiger partial charge in [0.15, 0.2) is 5.82 Å². The Balaban J connectivity index is 1.71. The van der Waals surface area contributed by atoms with Crippen molar-refractivity contribution in [1.82, 2.24) is 10.1 Å². The van der Waals surface area contributed by atoms with Crippen LogP contribution in [0, 0.1) is 5.92 Å². The van der Waals surface area contributed by atoms with Crippen LogP contribution >= 0.6 is 11.6 Å². The van der Waals surface area contributed by atoms with Crippen LogP contribution in [0.15, 0.2) is 28.8 Å². The zero-order chi connectivity index (χ0) is 13.9. The predicted molar refractivity (Wildman–Crippen MR) is 75.9 cm³/mol. The Morgan fingerprint density at radius 3 is 2.85 bits per heavy atom. The predicted octanol–water partition coefficient (Wildman–Crippen LogP) is 3.45. The summed E-state index contributed by atoms with van der Waals surface area (Å²) in [6.45, 7) is 3.69. The number of halogens is 1. The molecule has 0 radical (unpaired) electrons. The van der Waals surface area contributed by atoms with Gasteiger partial charge in [0.25, 0.3) is 0 Å². The number of ether oxygens (including phenoxy) is 1. The van der Waals surface area contributed by atoms with Crippen molar-refractivity contribution in [3.63, 3.8) is 0 Å². The third-order valence-corrected chi connectivity index (χ3v) is 3.97. The summed E-state index contributed by atoms with van der Waals surface area (Å²) in [7, 11) is 0. The van der Waals surface area contributed by atoms with Gasteiger partial charge in [0.05, 0.1) is 0 Å². The minimum absolute atomic E-state index is 0.315. The summed E-state index contributed by atoms with van der Waals surface area (Å²) in [5.41, 5.74) is 1.13. The zero-order valence-electron chi connectivity index (χ0n) is 11.4. The smallest absolute Gasteiger partial charge is 0.230 e. The van der Waals surface area contributed by atoms with E-state index in [-0.39, 0.29) is 0 Å². The van der Waals surface area contributed by atoms with Crippen LogP contribution in [0.1, 0.15) is 36.5 Å². The molecule has 0 N–H and O–H groups in total. The second-order valence-corrected chi connectivity index (χ2v) is 5.74. The Kier molecular flexibility index (Phi) is 4.03. The lowest BCUT2D eigenvalue weighted by atomic mass is 9.90. The normalized spacial score (nSPS) is 22.9. The second kappa shape index (κ2) is 5.94. The first kappa shape index (κ1) is 13.6. The van der Waals surface area contributed by atoms with Crippen LogP contribution in [0.25, 0.3) is 0 Å². The van der Waals surface area contributed by atoms with E-state index >= 15 is 0 Å². The van der Waals surface area contributed by atoms with Crippen molar-refractivity contribution in [2.45, 2.75) is 25.7 Å². The molecule has 0 aliphatic carbocycles. The minimum atomic E-state index is 0.315. The molecule has 1 saturated heterocycles. The topological polar surface area (TPSA) is 48.2 Å². The molecule has 2 aromatic rings. The first-order valence-corrected chi connectivity index (χ1v) is 7.25. The molecule has 0 saturated carbocycles. The fourth-order valence-corrected chi connectivity index (χ4v) is 2.65. The SMILES string of the molecule is C[C@@H]1COCC[C@@H]1c1nc(Cc2ccc(Cl)cc2)no1. The minimum Gasteiger partial charge on any atom is -0.381 e. The molecular weight excluding hydrogens is 276 g/mol. The average molecular weight is 293 g/mol. The number of benzene rings is 1. The fourth-order valence-electron chi connectivity index (χ4n) is 2.52. The van der Waals surface area contributed by atoms with Crippen molar-refractivity contribution < 1.29 is 9.26 Å². The molecule has 20 heavy (non-hydrogen) atoms. The highest BCUT2D eigenvalue weighted by Crippen LogP contribution is 2.30. The van der Waals surface area contributed by atoms with Crippen LogP contribution in [-0.4, -0.2) is 23.4 Å². The second-order valence-electron chi connectivity index (χ2n) is 5.30. The summed E-state index contributed by atoms with van der Waals surface area (Å²) >= 11 is 5.87. The molecule has 1 fully saturated rings. The number of hydrogen-bond acceptors (Lipinski definition) is 4. The maximum absolute atomic E-state index is 5.87. The number of nitrogens with zero attached hydrogens (tertiary/aromatic N) is 2. The Morgan fingerprint density at radius 1 is 1.30 bits per heavy atom. The van der Waals surface area contributed by atoms with Gasteiger partial charge in [-0.1, -0.05) is 35.8 Å². The Bertz CT molecular complexity index is 568. The van der Waals surface area contributed by atoms with Gasteiger partial charge in [-0.15, -0.1) is 0 Å². The largest absolute Gasteiger partial charge is 0.381 e. The van der Waals surface area contributed by atoms with Gasteiger partial charge in [0.2, 0.25) is 5.89 Å². The quantitative estimate of drug-likeness (QED) is 0.869. The van der Waals surface area contributed by atoms with Gasteiger partial charge in [0, 0.05) is 30.6 Å². The van der Waals surface area contributed by atoms with Crippen molar-refractivity contribution in [2.24, 2.45) is 5.92 Å². The lowest BCUT2D eigenvalue weighted by Crippen LogP contribution is -2.23. The van der Waals surface area contributed by atoms with Gasteiger partial charge in [0.1, 0.15) is 0 Å². The highest BCUT2D eigenvalue weighted by atomic mass is 35.5. The fraction of sp³-hybridized carbons (Fsp3) is 0.467. The standard InChI is InChI=1S/C15H17ClN2O2/c1-10-9-19-7-6-13(10)15-17-14(18-20-15)8-11-2-4-12(16)5-3-11/h2-5,10,13H,6-9H2,1H3/t10-,13+/m1/s1. The van der Waals surface area contributed by atoms with Gasteiger partial charge >= 0.3 is 0 Å². The monoisotopic (exact) mass is 292 g/mol. The van der Waals surface area contributed by atoms with Gasteiger partial charge in [-0.25, -0.2) is 0 Å². The van der Waals surface area contributed by atoms with E-state index in [9.17, 15) is 0 Å². The van der Waals surface area contributed by atoms with Crippen LogP contribution in [0.4, 0.5) is 0 Å². The molecule has 0 spiro atoms. The van der Waals surface area contributed by atoms with E-state index in [1.807, 2.05) is 24.3 Å². The van der Waals surface area contributed by atoms with E-state index < -0.39 is 0 Å². The highest BCUT2D eigenvalue weighted by Gasteiger charge is 2.28. The van der Waals surface area contributed by atoms with E-state index in [2.05, 4.69) is 17.1 Å². The summed E-state index contributed by atoms with van der Waals surface area (Å²) in [5.74, 6) is 2.20. The summed E-state index contributed by atoms with van der Waals surface area (Å²) in [6, 6.07) is 7.71. The molecule has 0 amide bonds. The molecule has 1 aliphatic rings. The zero-order valence-corrected chi connectivity index (χ0v) is 12.1. The van der Waals surface area contributed by atoms with Crippen molar-refractivity contribution in [3.05, 3.63) is 46.6 Å². The summed E-state index contributed by atoms with van der Waals surface area (Å²) < 4.78 is 10.9. The number of aromatic nitrogens is 2. The van der Waals surface area contributed by atoms with Crippen molar-refractivity contribution in [1.29, 1.82) is 0 Å². The van der Waals surface area contributed by atoms with E-state index in [0.717, 1.165) is 41.9 Å². The lowest BCUT2D eigenvalue weighted by Gasteiger charge is -2.25. The van der Waals surface area contributed by atoms with Crippen LogP contribution in [0.5, 0.6) is 0 Å². The molecule has 1 aromatic heterocycles. The van der Waals surface area contributed by atoms with Crippen molar-refractivity contribution in [2.75, 3.05) is 13.2 Å². The van der Waals surface area contributed by atoms with Gasteiger partial charge in [-0.2, -0.15) is 4.98 Å². The maximum Gasteiger partial charge on any atom is 0.230 e. The van der Waals surface area contributed by atoms with Gasteiger partial charge in [-0.05, 0) is 30.0 Å². The third-order valence-electron chi connectivity index (χ3n) is 3.72. The summed E-state index contributed by atoms with van der Waals surface area (Å²) in [4.78, 5) is 4.54. The average Bonchev–Trinajstić information content (AvgIpc) is 2.90. The molecule has 5 heteroatoms. The number of rotatable bonds is 3. The van der Waals surface area contributed by atoms with Crippen LogP contribution in [0.3, 0.4) is 0 Å². The maximum atomic E-state index is 5.87. The van der Waals surface area contributed by atoms with Crippen LogP contribution in [0.2, 0.25) is 5.02 Å². The van der Waals surface area contributed by atoms with E-state index in [1.165, 1.54) is 0 Å². The molecule has 1 aromatic carbocycles. The molecule has 106 valence electrons. The third kappa shape index (κ3) is 3.02. The number of hydrogen-bond donors (Lipinski definition) is 0. The molecule has 4 nitrogen and oxygen atoms in total.